The average molecular weight is 264 g/mol. The summed E-state index contributed by atoms with van der Waals surface area (Å²) in [4.78, 5) is 20.2. The van der Waals surface area contributed by atoms with Gasteiger partial charge in [0.2, 0.25) is 11.6 Å². The molecule has 0 aliphatic carbocycles. The first-order chi connectivity index (χ1) is 9.04. The summed E-state index contributed by atoms with van der Waals surface area (Å²) in [6.45, 7) is 4.52. The number of nitro groups is 1. The normalized spacial score (nSPS) is 11.5. The molecule has 1 aromatic rings. The van der Waals surface area contributed by atoms with Crippen LogP contribution in [0.1, 0.15) is 13.8 Å². The van der Waals surface area contributed by atoms with Crippen molar-refractivity contribution in [3.63, 3.8) is 0 Å². The van der Waals surface area contributed by atoms with Gasteiger partial charge in [-0.1, -0.05) is 0 Å². The van der Waals surface area contributed by atoms with Crippen molar-refractivity contribution < 1.29 is 4.92 Å². The molecule has 1 aromatic heterocycles. The van der Waals surface area contributed by atoms with Gasteiger partial charge >= 0.3 is 5.69 Å². The predicted octanol–water partition coefficient (Wildman–Crippen LogP) is 1.41. The molecule has 0 fully saturated rings. The van der Waals surface area contributed by atoms with E-state index in [2.05, 4.69) is 21.4 Å². The molecular formula is C11H16N6O2. The number of anilines is 2. The Morgan fingerprint density at radius 1 is 1.63 bits per heavy atom. The molecule has 19 heavy (non-hydrogen) atoms. The molecule has 0 amide bonds. The third kappa shape index (κ3) is 3.28. The number of nitriles is 1. The molecule has 0 saturated heterocycles. The molecule has 1 atom stereocenters. The first-order valence-corrected chi connectivity index (χ1v) is 5.86. The Balaban J connectivity index is 3.24. The summed E-state index contributed by atoms with van der Waals surface area (Å²) in [7, 11) is 1.56. The van der Waals surface area contributed by atoms with Gasteiger partial charge in [-0.2, -0.15) is 5.26 Å². The quantitative estimate of drug-likeness (QED) is 0.611. The Bertz CT molecular complexity index is 498. The zero-order valence-electron chi connectivity index (χ0n) is 11.1. The summed E-state index contributed by atoms with van der Waals surface area (Å²) >= 11 is 0. The number of aromatic nitrogens is 2. The van der Waals surface area contributed by atoms with Gasteiger partial charge in [0.1, 0.15) is 6.33 Å². The molecule has 0 bridgehead atoms. The maximum atomic E-state index is 11.2. The molecule has 0 saturated carbocycles. The number of rotatable bonds is 6. The van der Waals surface area contributed by atoms with E-state index in [9.17, 15) is 10.1 Å². The Kier molecular flexibility index (Phi) is 5.00. The van der Waals surface area contributed by atoms with Crippen LogP contribution in [0.2, 0.25) is 0 Å². The third-order valence-corrected chi connectivity index (χ3v) is 2.62. The van der Waals surface area contributed by atoms with E-state index in [1.807, 2.05) is 6.92 Å². The SMILES string of the molecule is CCN(CC(C)C#N)c1ncnc(NC)c1[N+](=O)[O-]. The standard InChI is InChI=1S/C11H16N6O2/c1-4-16(6-8(2)5-12)11-9(17(18)19)10(13-3)14-7-15-11/h7-8H,4,6H2,1-3H3,(H,13,14,15). The Morgan fingerprint density at radius 3 is 2.79 bits per heavy atom. The van der Waals surface area contributed by atoms with Crippen molar-refractivity contribution >= 4 is 17.3 Å². The van der Waals surface area contributed by atoms with Gasteiger partial charge in [-0.25, -0.2) is 9.97 Å². The van der Waals surface area contributed by atoms with Crippen LogP contribution >= 0.6 is 0 Å². The highest BCUT2D eigenvalue weighted by molar-refractivity contribution is 5.70. The van der Waals surface area contributed by atoms with Gasteiger partial charge in [-0.15, -0.1) is 0 Å². The number of nitrogens with zero attached hydrogens (tertiary/aromatic N) is 5. The third-order valence-electron chi connectivity index (χ3n) is 2.62. The van der Waals surface area contributed by atoms with E-state index in [1.165, 1.54) is 6.33 Å². The van der Waals surface area contributed by atoms with Gasteiger partial charge in [0, 0.05) is 20.1 Å². The lowest BCUT2D eigenvalue weighted by Gasteiger charge is -2.22. The summed E-state index contributed by atoms with van der Waals surface area (Å²) in [5, 5.41) is 22.7. The maximum absolute atomic E-state index is 11.2. The van der Waals surface area contributed by atoms with Gasteiger partial charge in [0.25, 0.3) is 0 Å². The van der Waals surface area contributed by atoms with E-state index in [0.717, 1.165) is 0 Å². The highest BCUT2D eigenvalue weighted by Crippen LogP contribution is 2.31. The van der Waals surface area contributed by atoms with Gasteiger partial charge in [0.15, 0.2) is 0 Å². The largest absolute Gasteiger partial charge is 0.367 e. The summed E-state index contributed by atoms with van der Waals surface area (Å²) in [5.74, 6) is 0.152. The summed E-state index contributed by atoms with van der Waals surface area (Å²) in [6, 6.07) is 2.11. The molecule has 0 aliphatic heterocycles. The van der Waals surface area contributed by atoms with Crippen LogP contribution in [0.4, 0.5) is 17.3 Å². The smallest absolute Gasteiger partial charge is 0.353 e. The van der Waals surface area contributed by atoms with Crippen molar-refractivity contribution in [3.05, 3.63) is 16.4 Å². The molecular weight excluding hydrogens is 248 g/mol. The van der Waals surface area contributed by atoms with Crippen LogP contribution in [0.15, 0.2) is 6.33 Å². The minimum absolute atomic E-state index is 0.165. The molecule has 1 unspecified atom stereocenters. The highest BCUT2D eigenvalue weighted by atomic mass is 16.6. The van der Waals surface area contributed by atoms with Crippen LogP contribution in [-0.2, 0) is 0 Å². The predicted molar refractivity (Wildman–Crippen MR) is 70.9 cm³/mol. The van der Waals surface area contributed by atoms with E-state index in [0.29, 0.717) is 13.1 Å². The first kappa shape index (κ1) is 14.6. The molecule has 0 aliphatic rings. The lowest BCUT2D eigenvalue weighted by molar-refractivity contribution is -0.383. The van der Waals surface area contributed by atoms with Crippen LogP contribution in [0.25, 0.3) is 0 Å². The fourth-order valence-electron chi connectivity index (χ4n) is 1.69. The Hall–Kier alpha value is -2.43. The zero-order valence-corrected chi connectivity index (χ0v) is 11.1. The molecule has 1 N–H and O–H groups in total. The van der Waals surface area contributed by atoms with Crippen molar-refractivity contribution in [2.45, 2.75) is 13.8 Å². The molecule has 102 valence electrons. The summed E-state index contributed by atoms with van der Waals surface area (Å²) in [5.41, 5.74) is -0.169. The van der Waals surface area contributed by atoms with Gasteiger partial charge < -0.3 is 10.2 Å². The summed E-state index contributed by atoms with van der Waals surface area (Å²) in [6.07, 6.45) is 1.27. The van der Waals surface area contributed by atoms with Crippen LogP contribution in [0.5, 0.6) is 0 Å². The average Bonchev–Trinajstić information content (AvgIpc) is 2.43. The molecule has 1 heterocycles. The van der Waals surface area contributed by atoms with Crippen LogP contribution in [-0.4, -0.2) is 35.0 Å². The molecule has 0 radical (unpaired) electrons. The second-order valence-electron chi connectivity index (χ2n) is 3.97. The van der Waals surface area contributed by atoms with Gasteiger partial charge in [-0.05, 0) is 13.8 Å². The number of nitrogens with one attached hydrogen (secondary N) is 1. The molecule has 0 spiro atoms. The molecule has 0 aromatic carbocycles. The number of hydrogen-bond acceptors (Lipinski definition) is 7. The van der Waals surface area contributed by atoms with Gasteiger partial charge in [0.05, 0.1) is 16.9 Å². The lowest BCUT2D eigenvalue weighted by atomic mass is 10.2. The molecule has 8 nitrogen and oxygen atoms in total. The van der Waals surface area contributed by atoms with Crippen molar-refractivity contribution in [2.75, 3.05) is 30.4 Å². The van der Waals surface area contributed by atoms with E-state index in [-0.39, 0.29) is 23.2 Å². The van der Waals surface area contributed by atoms with Gasteiger partial charge in [-0.3, -0.25) is 10.1 Å². The first-order valence-electron chi connectivity index (χ1n) is 5.86. The molecule has 1 rings (SSSR count). The highest BCUT2D eigenvalue weighted by Gasteiger charge is 2.26. The fourth-order valence-corrected chi connectivity index (χ4v) is 1.69. The number of hydrogen-bond donors (Lipinski definition) is 1. The zero-order chi connectivity index (χ0) is 14.4. The van der Waals surface area contributed by atoms with E-state index in [1.54, 1.807) is 18.9 Å². The topological polar surface area (TPSA) is 108 Å². The summed E-state index contributed by atoms with van der Waals surface area (Å²) < 4.78 is 0. The second-order valence-corrected chi connectivity index (χ2v) is 3.97. The van der Waals surface area contributed by atoms with Crippen molar-refractivity contribution in [3.8, 4) is 6.07 Å². The lowest BCUT2D eigenvalue weighted by Crippen LogP contribution is -2.29. The van der Waals surface area contributed by atoms with Crippen molar-refractivity contribution in [1.29, 1.82) is 5.26 Å². The molecule has 8 heteroatoms. The minimum Gasteiger partial charge on any atom is -0.367 e. The second kappa shape index (κ2) is 6.49. The van der Waals surface area contributed by atoms with Crippen LogP contribution < -0.4 is 10.2 Å². The minimum atomic E-state index is -0.513. The van der Waals surface area contributed by atoms with Crippen molar-refractivity contribution in [1.82, 2.24) is 9.97 Å². The maximum Gasteiger partial charge on any atom is 0.353 e. The van der Waals surface area contributed by atoms with E-state index < -0.39 is 4.92 Å². The van der Waals surface area contributed by atoms with Crippen LogP contribution in [0, 0.1) is 27.4 Å². The van der Waals surface area contributed by atoms with Crippen molar-refractivity contribution in [2.24, 2.45) is 5.92 Å². The Labute approximate surface area is 111 Å². The fraction of sp³-hybridized carbons (Fsp3) is 0.545. The van der Waals surface area contributed by atoms with E-state index in [4.69, 9.17) is 5.26 Å². The van der Waals surface area contributed by atoms with Crippen LogP contribution in [0.3, 0.4) is 0 Å². The monoisotopic (exact) mass is 264 g/mol. The Morgan fingerprint density at radius 2 is 2.32 bits per heavy atom. The van der Waals surface area contributed by atoms with E-state index >= 15 is 0 Å².